The molecule has 316 valence electrons. The lowest BCUT2D eigenvalue weighted by Gasteiger charge is -2.49. The second-order valence-electron chi connectivity index (χ2n) is 16.4. The molecule has 3 heterocycles. The van der Waals surface area contributed by atoms with Crippen LogP contribution in [0.4, 0.5) is 26.3 Å². The number of aliphatic hydroxyl groups is 5. The maximum absolute atomic E-state index is 14.0. The minimum atomic E-state index is -5.23. The average Bonchev–Trinajstić information content (AvgIpc) is 3.49. The molecule has 4 aliphatic rings. The summed E-state index contributed by atoms with van der Waals surface area (Å²) in [7, 11) is 0. The molecule has 2 amide bonds. The Kier molecular flexibility index (Phi) is 12.9. The molecule has 0 bridgehead atoms. The van der Waals surface area contributed by atoms with Gasteiger partial charge in [-0.1, -0.05) is 13.8 Å². The average molecular weight is 827 g/mol. The summed E-state index contributed by atoms with van der Waals surface area (Å²) >= 11 is 0.600. The Morgan fingerprint density at radius 1 is 0.732 bits per heavy atom. The van der Waals surface area contributed by atoms with Gasteiger partial charge in [-0.25, -0.2) is 0 Å². The first-order valence-corrected chi connectivity index (χ1v) is 19.8. The van der Waals surface area contributed by atoms with Gasteiger partial charge in [0.25, 0.3) is 11.8 Å². The Bertz CT molecular complexity index is 1680. The second-order valence-corrected chi connectivity index (χ2v) is 17.5. The van der Waals surface area contributed by atoms with E-state index < -0.39 is 107 Å². The van der Waals surface area contributed by atoms with E-state index in [0.29, 0.717) is 37.0 Å². The fraction of sp³-hybridized carbons (Fsp3) is 0.737. The maximum atomic E-state index is 14.0. The molecule has 0 spiro atoms. The van der Waals surface area contributed by atoms with Gasteiger partial charge in [-0.2, -0.15) is 26.3 Å². The SMILES string of the molecule is C[C@@H]1CC[C@@H](/C(CNC(=O)c2ccc(C(=O)NC/C(=C(/O)C(F)(F)F)C3CC[C@@H](C)[C@@H]4CC[C@@](C)(O)OC[C@]34O)s2)=C(\O)C(F)(F)F)[C@@]2(O)CO[C@@H](C)CC[C@@H]12. The number of nitrogens with one attached hydrogen (secondary N) is 2. The summed E-state index contributed by atoms with van der Waals surface area (Å²) in [6.07, 6.45) is -8.29. The number of halogens is 6. The van der Waals surface area contributed by atoms with Crippen LogP contribution in [0.15, 0.2) is 34.8 Å². The van der Waals surface area contributed by atoms with E-state index in [1.54, 1.807) is 6.92 Å². The monoisotopic (exact) mass is 826 g/mol. The van der Waals surface area contributed by atoms with Gasteiger partial charge >= 0.3 is 12.4 Å². The van der Waals surface area contributed by atoms with Crippen molar-refractivity contribution in [3.63, 3.8) is 0 Å². The van der Waals surface area contributed by atoms with E-state index in [4.69, 9.17) is 9.47 Å². The van der Waals surface area contributed by atoms with Gasteiger partial charge in [0.15, 0.2) is 17.3 Å². The minimum Gasteiger partial charge on any atom is -0.504 e. The first-order valence-electron chi connectivity index (χ1n) is 19.0. The van der Waals surface area contributed by atoms with Crippen LogP contribution in [0, 0.1) is 35.5 Å². The van der Waals surface area contributed by atoms with Gasteiger partial charge in [0.1, 0.15) is 0 Å². The van der Waals surface area contributed by atoms with Crippen molar-refractivity contribution in [3.05, 3.63) is 44.6 Å². The van der Waals surface area contributed by atoms with Gasteiger partial charge in [-0.3, -0.25) is 9.59 Å². The quantitative estimate of drug-likeness (QED) is 0.115. The zero-order chi connectivity index (χ0) is 41.6. The Hall–Kier alpha value is -2.90. The molecule has 10 atom stereocenters. The summed E-state index contributed by atoms with van der Waals surface area (Å²) in [5, 5.41) is 60.0. The van der Waals surface area contributed by atoms with Crippen LogP contribution in [0.2, 0.25) is 0 Å². The lowest BCUT2D eigenvalue weighted by atomic mass is 9.60. The van der Waals surface area contributed by atoms with Crippen molar-refractivity contribution in [1.82, 2.24) is 10.6 Å². The third-order valence-electron chi connectivity index (χ3n) is 12.6. The Labute approximate surface area is 325 Å². The van der Waals surface area contributed by atoms with Crippen LogP contribution in [0.5, 0.6) is 0 Å². The summed E-state index contributed by atoms with van der Waals surface area (Å²) in [5.41, 5.74) is -4.96. The van der Waals surface area contributed by atoms with E-state index in [9.17, 15) is 61.5 Å². The molecule has 5 rings (SSSR count). The highest BCUT2D eigenvalue weighted by molar-refractivity contribution is 7.15. The number of amides is 2. The van der Waals surface area contributed by atoms with Crippen LogP contribution in [-0.2, 0) is 9.47 Å². The number of rotatable bonds is 8. The molecule has 4 fully saturated rings. The van der Waals surface area contributed by atoms with Gasteiger partial charge in [0.2, 0.25) is 0 Å². The predicted octanol–water partition coefficient (Wildman–Crippen LogP) is 6.46. The smallest absolute Gasteiger partial charge is 0.448 e. The minimum absolute atomic E-state index is 0.0126. The number of carbonyl (C=O) groups excluding carboxylic acids is 2. The van der Waals surface area contributed by atoms with Crippen LogP contribution in [-0.4, -0.2) is 99.1 Å². The molecule has 0 aromatic carbocycles. The number of alkyl halides is 6. The fourth-order valence-electron chi connectivity index (χ4n) is 9.45. The van der Waals surface area contributed by atoms with Gasteiger partial charge in [-0.05, 0) is 94.6 Å². The van der Waals surface area contributed by atoms with Crippen molar-refractivity contribution in [3.8, 4) is 0 Å². The molecule has 11 nitrogen and oxygen atoms in total. The molecule has 7 N–H and O–H groups in total. The number of fused-ring (bicyclic) bond motifs is 2. The summed E-state index contributed by atoms with van der Waals surface area (Å²) in [6, 6.07) is 2.39. The van der Waals surface area contributed by atoms with Crippen molar-refractivity contribution in [1.29, 1.82) is 0 Å². The Morgan fingerprint density at radius 2 is 1.18 bits per heavy atom. The molecule has 56 heavy (non-hydrogen) atoms. The van der Waals surface area contributed by atoms with Gasteiger partial charge < -0.3 is 45.6 Å². The van der Waals surface area contributed by atoms with Crippen LogP contribution < -0.4 is 10.6 Å². The number of ether oxygens (including phenoxy) is 2. The molecule has 2 saturated carbocycles. The molecule has 1 aromatic rings. The summed E-state index contributed by atoms with van der Waals surface area (Å²) < 4.78 is 95.4. The number of aliphatic hydroxyl groups excluding tert-OH is 2. The molecule has 2 saturated heterocycles. The van der Waals surface area contributed by atoms with E-state index in [1.807, 2.05) is 13.8 Å². The largest absolute Gasteiger partial charge is 0.504 e. The van der Waals surface area contributed by atoms with Gasteiger partial charge in [-0.15, -0.1) is 11.3 Å². The first kappa shape index (κ1) is 44.2. The van der Waals surface area contributed by atoms with Crippen molar-refractivity contribution >= 4 is 23.2 Å². The van der Waals surface area contributed by atoms with E-state index in [1.165, 1.54) is 19.1 Å². The van der Waals surface area contributed by atoms with Gasteiger partial charge in [0, 0.05) is 42.5 Å². The van der Waals surface area contributed by atoms with Crippen molar-refractivity contribution in [2.45, 2.75) is 115 Å². The lowest BCUT2D eigenvalue weighted by molar-refractivity contribution is -0.223. The van der Waals surface area contributed by atoms with Crippen LogP contribution >= 0.6 is 11.3 Å². The third kappa shape index (κ3) is 9.20. The lowest BCUT2D eigenvalue weighted by Crippen LogP contribution is -2.55. The zero-order valence-electron chi connectivity index (χ0n) is 31.7. The van der Waals surface area contributed by atoms with Crippen molar-refractivity contribution < 1.29 is 70.9 Å². The van der Waals surface area contributed by atoms with Gasteiger partial charge in [0.05, 0.1) is 40.3 Å². The maximum Gasteiger partial charge on any atom is 0.448 e. The number of thiophene rings is 1. The number of hydrogen-bond donors (Lipinski definition) is 7. The molecule has 2 aliphatic carbocycles. The van der Waals surface area contributed by atoms with E-state index in [-0.39, 0.29) is 60.0 Å². The number of hydrogen-bond acceptors (Lipinski definition) is 10. The van der Waals surface area contributed by atoms with E-state index >= 15 is 0 Å². The topological polar surface area (TPSA) is 178 Å². The fourth-order valence-corrected chi connectivity index (χ4v) is 10.3. The normalized spacial score (nSPS) is 36.5. The summed E-state index contributed by atoms with van der Waals surface area (Å²) in [5.74, 6) is -11.1. The molecule has 2 aliphatic heterocycles. The summed E-state index contributed by atoms with van der Waals surface area (Å²) in [4.78, 5) is 26.2. The highest BCUT2D eigenvalue weighted by atomic mass is 32.1. The molecule has 0 radical (unpaired) electrons. The van der Waals surface area contributed by atoms with Crippen LogP contribution in [0.25, 0.3) is 0 Å². The third-order valence-corrected chi connectivity index (χ3v) is 13.7. The molecule has 1 unspecified atom stereocenters. The standard InChI is InChI=1S/C38H52F6N2O9S/c1-19-5-8-26(35(52)17-54-21(3)7-10-24(19)35)22(30(47)37(39,40)41)15-45-32(49)28-11-12-29(56-28)33(50)46-16-23(31(48)38(42,43)44)27-9-6-20(2)25-13-14-34(4,51)55-18-36(25,27)53/h11-12,19-21,24-27,47-48,51-53H,5-10,13-18H2,1-4H3,(H,45,49)(H,46,50)/b30-22-,31-23-/t19-,20-,21+,24+,25+,26+,27?,34+,35-,36-/m1/s1. The zero-order valence-corrected chi connectivity index (χ0v) is 32.5. The Morgan fingerprint density at radius 3 is 1.64 bits per heavy atom. The Balaban J connectivity index is 1.33. The predicted molar refractivity (Wildman–Crippen MR) is 192 cm³/mol. The number of allylic oxidation sites excluding steroid dienone is 2. The molecular formula is C38H52F6N2O9S. The van der Waals surface area contributed by atoms with Crippen molar-refractivity contribution in [2.24, 2.45) is 35.5 Å². The van der Waals surface area contributed by atoms with Crippen molar-refractivity contribution in [2.75, 3.05) is 26.3 Å². The first-order chi connectivity index (χ1) is 25.9. The van der Waals surface area contributed by atoms with E-state index in [0.717, 1.165) is 0 Å². The highest BCUT2D eigenvalue weighted by Crippen LogP contribution is 2.52. The molecule has 18 heteroatoms. The van der Waals surface area contributed by atoms with Crippen LogP contribution in [0.3, 0.4) is 0 Å². The second kappa shape index (κ2) is 16.4. The van der Waals surface area contributed by atoms with E-state index in [2.05, 4.69) is 10.6 Å². The molecular weight excluding hydrogens is 774 g/mol. The summed E-state index contributed by atoms with van der Waals surface area (Å²) in [6.45, 7) is 4.53. The number of carbonyl (C=O) groups is 2. The molecule has 1 aromatic heterocycles. The van der Waals surface area contributed by atoms with Crippen LogP contribution in [0.1, 0.15) is 98.4 Å². The highest BCUT2D eigenvalue weighted by Gasteiger charge is 2.56.